The van der Waals surface area contributed by atoms with Crippen molar-refractivity contribution in [1.82, 2.24) is 9.88 Å². The lowest BCUT2D eigenvalue weighted by molar-refractivity contribution is -0.155. The Labute approximate surface area is 160 Å². The van der Waals surface area contributed by atoms with Gasteiger partial charge in [0, 0.05) is 25.6 Å². The van der Waals surface area contributed by atoms with Crippen LogP contribution in [-0.4, -0.2) is 42.2 Å². The van der Waals surface area contributed by atoms with Crippen molar-refractivity contribution < 1.29 is 18.7 Å². The fourth-order valence-corrected chi connectivity index (χ4v) is 3.46. The summed E-state index contributed by atoms with van der Waals surface area (Å²) in [5.41, 5.74) is 0.183. The Morgan fingerprint density at radius 3 is 2.81 bits per heavy atom. The predicted octanol–water partition coefficient (Wildman–Crippen LogP) is 3.75. The third-order valence-electron chi connectivity index (χ3n) is 5.20. The number of carbonyl (C=O) groups is 1. The molecular weight excluding hydrogens is 344 g/mol. The smallest absolute Gasteiger partial charge is 0.254 e. The number of likely N-dealkylation sites (tertiary alicyclic amines) is 1. The molecule has 6 nitrogen and oxygen atoms in total. The first kappa shape index (κ1) is 19.4. The predicted molar refractivity (Wildman–Crippen MR) is 102 cm³/mol. The number of hydrogen-bond acceptors (Lipinski definition) is 5. The van der Waals surface area contributed by atoms with E-state index in [1.54, 1.807) is 34.3 Å². The van der Waals surface area contributed by atoms with Crippen LogP contribution in [0.15, 0.2) is 34.9 Å². The molecule has 1 aromatic heterocycles. The van der Waals surface area contributed by atoms with Gasteiger partial charge in [0.15, 0.2) is 0 Å². The van der Waals surface area contributed by atoms with Gasteiger partial charge in [-0.25, -0.2) is 4.98 Å². The average Bonchev–Trinajstić information content (AvgIpc) is 3.16. The summed E-state index contributed by atoms with van der Waals surface area (Å²) in [6, 6.07) is 7.72. The largest absolute Gasteiger partial charge is 0.496 e. The molecule has 3 rings (SSSR count). The lowest BCUT2D eigenvalue weighted by atomic mass is 9.98. The number of para-hydroxylation sites is 1. The van der Waals surface area contributed by atoms with Crippen LogP contribution in [0.4, 0.5) is 0 Å². The van der Waals surface area contributed by atoms with Crippen LogP contribution in [0.1, 0.15) is 56.4 Å². The van der Waals surface area contributed by atoms with Gasteiger partial charge in [0.2, 0.25) is 5.89 Å². The average molecular weight is 372 g/mol. The highest BCUT2D eigenvalue weighted by molar-refractivity contribution is 5.84. The van der Waals surface area contributed by atoms with Crippen LogP contribution in [0.5, 0.6) is 5.75 Å². The van der Waals surface area contributed by atoms with E-state index in [2.05, 4.69) is 4.98 Å². The summed E-state index contributed by atoms with van der Waals surface area (Å²) in [4.78, 5) is 19.3. The van der Waals surface area contributed by atoms with Crippen molar-refractivity contribution >= 4 is 5.91 Å². The molecule has 6 heteroatoms. The molecule has 1 saturated heterocycles. The van der Waals surface area contributed by atoms with Crippen LogP contribution in [0.3, 0.4) is 0 Å². The zero-order valence-corrected chi connectivity index (χ0v) is 16.5. The summed E-state index contributed by atoms with van der Waals surface area (Å²) < 4.78 is 16.9. The molecule has 1 unspecified atom stereocenters. The molecule has 0 bridgehead atoms. The number of hydrogen-bond donors (Lipinski definition) is 0. The topological polar surface area (TPSA) is 64.8 Å². The number of benzene rings is 1. The number of rotatable bonds is 6. The van der Waals surface area contributed by atoms with Gasteiger partial charge in [-0.15, -0.1) is 0 Å². The van der Waals surface area contributed by atoms with E-state index in [1.807, 2.05) is 29.2 Å². The Balaban J connectivity index is 1.80. The molecule has 1 aliphatic rings. The van der Waals surface area contributed by atoms with Crippen LogP contribution in [-0.2, 0) is 16.0 Å². The first-order valence-electron chi connectivity index (χ1n) is 9.39. The maximum Gasteiger partial charge on any atom is 0.254 e. The Morgan fingerprint density at radius 1 is 1.30 bits per heavy atom. The summed E-state index contributed by atoms with van der Waals surface area (Å²) in [5.74, 6) is 2.16. The second-order valence-corrected chi connectivity index (χ2v) is 7.38. The van der Waals surface area contributed by atoms with Crippen molar-refractivity contribution in [3.05, 3.63) is 47.7 Å². The van der Waals surface area contributed by atoms with Gasteiger partial charge in [0.05, 0.1) is 13.3 Å². The molecule has 27 heavy (non-hydrogen) atoms. The summed E-state index contributed by atoms with van der Waals surface area (Å²) in [6.07, 6.45) is 5.23. The molecule has 0 N–H and O–H groups in total. The fourth-order valence-electron chi connectivity index (χ4n) is 3.46. The van der Waals surface area contributed by atoms with E-state index in [4.69, 9.17) is 13.9 Å². The lowest BCUT2D eigenvalue weighted by Gasteiger charge is -2.38. The Kier molecular flexibility index (Phi) is 5.85. The summed E-state index contributed by atoms with van der Waals surface area (Å²) in [5, 5.41) is 0. The van der Waals surface area contributed by atoms with Gasteiger partial charge in [0.25, 0.3) is 5.91 Å². The van der Waals surface area contributed by atoms with E-state index >= 15 is 0 Å². The first-order valence-corrected chi connectivity index (χ1v) is 9.39. The monoisotopic (exact) mass is 372 g/mol. The van der Waals surface area contributed by atoms with Gasteiger partial charge in [-0.3, -0.25) is 4.79 Å². The van der Waals surface area contributed by atoms with Crippen LogP contribution in [0.2, 0.25) is 0 Å². The maximum absolute atomic E-state index is 12.9. The van der Waals surface area contributed by atoms with Gasteiger partial charge in [0.1, 0.15) is 23.2 Å². The van der Waals surface area contributed by atoms with Crippen LogP contribution >= 0.6 is 0 Å². The van der Waals surface area contributed by atoms with E-state index in [-0.39, 0.29) is 11.9 Å². The minimum absolute atomic E-state index is 0.0285. The van der Waals surface area contributed by atoms with Gasteiger partial charge >= 0.3 is 0 Å². The van der Waals surface area contributed by atoms with Crippen molar-refractivity contribution in [2.45, 2.75) is 51.2 Å². The van der Waals surface area contributed by atoms with Crippen molar-refractivity contribution in [2.75, 3.05) is 20.8 Å². The molecule has 0 saturated carbocycles. The molecular formula is C21H28N2O4. The highest BCUT2D eigenvalue weighted by Crippen LogP contribution is 2.33. The summed E-state index contributed by atoms with van der Waals surface area (Å²) >= 11 is 0. The van der Waals surface area contributed by atoms with Crippen LogP contribution in [0.25, 0.3) is 0 Å². The molecule has 1 atom stereocenters. The minimum Gasteiger partial charge on any atom is -0.496 e. The number of carbonyl (C=O) groups excluding carboxylic acids is 1. The van der Waals surface area contributed by atoms with Gasteiger partial charge < -0.3 is 18.8 Å². The zero-order valence-electron chi connectivity index (χ0n) is 16.5. The van der Waals surface area contributed by atoms with E-state index in [9.17, 15) is 4.79 Å². The van der Waals surface area contributed by atoms with Crippen molar-refractivity contribution in [1.29, 1.82) is 0 Å². The Morgan fingerprint density at radius 2 is 2.07 bits per heavy atom. The highest BCUT2D eigenvalue weighted by atomic mass is 16.5. The van der Waals surface area contributed by atoms with Gasteiger partial charge in [-0.05, 0) is 39.2 Å². The highest BCUT2D eigenvalue weighted by Gasteiger charge is 2.39. The summed E-state index contributed by atoms with van der Waals surface area (Å²) in [6.45, 7) is 4.29. The van der Waals surface area contributed by atoms with Gasteiger partial charge in [-0.1, -0.05) is 18.2 Å². The van der Waals surface area contributed by atoms with Crippen LogP contribution in [0, 0.1) is 0 Å². The third-order valence-corrected chi connectivity index (χ3v) is 5.20. The van der Waals surface area contributed by atoms with E-state index < -0.39 is 5.60 Å². The van der Waals surface area contributed by atoms with E-state index in [1.165, 1.54) is 0 Å². The molecule has 2 aromatic rings. The molecule has 1 amide bonds. The zero-order chi connectivity index (χ0) is 19.4. The second kappa shape index (κ2) is 8.13. The number of amides is 1. The van der Waals surface area contributed by atoms with Crippen molar-refractivity contribution in [3.8, 4) is 5.75 Å². The fraction of sp³-hybridized carbons (Fsp3) is 0.524. The molecule has 1 aliphatic heterocycles. The van der Waals surface area contributed by atoms with E-state index in [0.29, 0.717) is 18.9 Å². The minimum atomic E-state index is -0.859. The van der Waals surface area contributed by atoms with E-state index in [0.717, 1.165) is 36.3 Å². The number of oxazole rings is 1. The third kappa shape index (κ3) is 4.16. The number of piperidine rings is 1. The molecule has 2 heterocycles. The quantitative estimate of drug-likeness (QED) is 0.773. The Hall–Kier alpha value is -2.34. The van der Waals surface area contributed by atoms with Gasteiger partial charge in [-0.2, -0.15) is 0 Å². The molecule has 146 valence electrons. The molecule has 1 fully saturated rings. The standard InChI is InChI=1S/C21H28N2O4/c1-21(2,26-4)20(24)23-12-8-7-10-17(23)19-22-14-16(27-19)13-15-9-5-6-11-18(15)25-3/h5-6,9,11,14,17H,7-8,10,12-13H2,1-4H3. The first-order chi connectivity index (χ1) is 13.0. The van der Waals surface area contributed by atoms with Crippen LogP contribution < -0.4 is 4.74 Å². The van der Waals surface area contributed by atoms with Crippen molar-refractivity contribution in [3.63, 3.8) is 0 Å². The SMILES string of the molecule is COc1ccccc1Cc1cnc(C2CCCCN2C(=O)C(C)(C)OC)o1. The lowest BCUT2D eigenvalue weighted by Crippen LogP contribution is -2.49. The number of aromatic nitrogens is 1. The Bertz CT molecular complexity index is 784. The second-order valence-electron chi connectivity index (χ2n) is 7.38. The number of methoxy groups -OCH3 is 2. The normalized spacial score (nSPS) is 17.8. The molecule has 1 aromatic carbocycles. The molecule has 0 radical (unpaired) electrons. The maximum atomic E-state index is 12.9. The molecule has 0 spiro atoms. The molecule has 0 aliphatic carbocycles. The number of nitrogens with zero attached hydrogens (tertiary/aromatic N) is 2. The number of ether oxygens (including phenoxy) is 2. The van der Waals surface area contributed by atoms with Crippen molar-refractivity contribution in [2.24, 2.45) is 0 Å². The summed E-state index contributed by atoms with van der Waals surface area (Å²) in [7, 11) is 3.22.